The van der Waals surface area contributed by atoms with Crippen LogP contribution >= 0.6 is 23.1 Å². The fourth-order valence-electron chi connectivity index (χ4n) is 2.37. The second kappa shape index (κ2) is 7.00. The van der Waals surface area contributed by atoms with Crippen molar-refractivity contribution < 1.29 is 8.42 Å². The van der Waals surface area contributed by atoms with Gasteiger partial charge in [0.1, 0.15) is 4.21 Å². The number of thiophene rings is 1. The summed E-state index contributed by atoms with van der Waals surface area (Å²) in [6, 6.07) is 4.29. The Morgan fingerprint density at radius 1 is 1.19 bits per heavy atom. The summed E-state index contributed by atoms with van der Waals surface area (Å²) in [4.78, 5) is 1.09. The third kappa shape index (κ3) is 4.69. The molecule has 1 aliphatic heterocycles. The fraction of sp³-hybridized carbons (Fsp3) is 0.714. The Morgan fingerprint density at radius 3 is 2.76 bits per heavy atom. The van der Waals surface area contributed by atoms with Gasteiger partial charge in [0.05, 0.1) is 0 Å². The Morgan fingerprint density at radius 2 is 2.05 bits per heavy atom. The largest absolute Gasteiger partial charge is 0.309 e. The van der Waals surface area contributed by atoms with E-state index in [1.807, 2.05) is 17.8 Å². The summed E-state index contributed by atoms with van der Waals surface area (Å²) >= 11 is 3.27. The predicted molar refractivity (Wildman–Crippen MR) is 89.5 cm³/mol. The molecule has 1 saturated heterocycles. The summed E-state index contributed by atoms with van der Waals surface area (Å²) in [6.07, 6.45) is 6.09. The highest BCUT2D eigenvalue weighted by Gasteiger charge is 2.22. The number of hydrogen-bond donors (Lipinski definition) is 2. The Hall–Kier alpha value is -0.0800. The highest BCUT2D eigenvalue weighted by atomic mass is 32.2. The van der Waals surface area contributed by atoms with E-state index in [0.717, 1.165) is 23.6 Å². The van der Waals surface area contributed by atoms with Crippen molar-refractivity contribution >= 4 is 33.1 Å². The van der Waals surface area contributed by atoms with Gasteiger partial charge < -0.3 is 5.32 Å². The molecule has 0 radical (unpaired) electrons. The molecular formula is C14H22N2O2S3. The summed E-state index contributed by atoms with van der Waals surface area (Å²) in [5.41, 5.74) is 0. The van der Waals surface area contributed by atoms with Crippen molar-refractivity contribution in [2.45, 2.75) is 54.1 Å². The lowest BCUT2D eigenvalue weighted by Crippen LogP contribution is -2.31. The molecule has 1 aromatic rings. The molecule has 1 saturated carbocycles. The highest BCUT2D eigenvalue weighted by Crippen LogP contribution is 2.26. The Labute approximate surface area is 135 Å². The van der Waals surface area contributed by atoms with E-state index in [-0.39, 0.29) is 0 Å². The van der Waals surface area contributed by atoms with Crippen LogP contribution in [0, 0.1) is 0 Å². The first-order valence-corrected chi connectivity index (χ1v) is 10.9. The van der Waals surface area contributed by atoms with E-state index in [4.69, 9.17) is 0 Å². The smallest absolute Gasteiger partial charge is 0.250 e. The summed E-state index contributed by atoms with van der Waals surface area (Å²) < 4.78 is 27.8. The molecule has 118 valence electrons. The van der Waals surface area contributed by atoms with Gasteiger partial charge in [-0.3, -0.25) is 0 Å². The van der Waals surface area contributed by atoms with Crippen molar-refractivity contribution in [1.29, 1.82) is 0 Å². The number of nitrogens with one attached hydrogen (secondary N) is 2. The highest BCUT2D eigenvalue weighted by molar-refractivity contribution is 8.00. The second-order valence-electron chi connectivity index (χ2n) is 5.72. The molecule has 1 aliphatic carbocycles. The van der Waals surface area contributed by atoms with Crippen LogP contribution < -0.4 is 10.0 Å². The topological polar surface area (TPSA) is 58.2 Å². The molecule has 1 aromatic heterocycles. The number of sulfonamides is 1. The van der Waals surface area contributed by atoms with Gasteiger partial charge in [0.15, 0.2) is 0 Å². The molecule has 7 heteroatoms. The van der Waals surface area contributed by atoms with Crippen LogP contribution in [-0.2, 0) is 16.6 Å². The second-order valence-corrected chi connectivity index (χ2v) is 10.3. The van der Waals surface area contributed by atoms with E-state index in [1.165, 1.54) is 37.0 Å². The SMILES string of the molecule is O=S(=O)(NCC1CCCCS1)c1ccc(CNC2CC2)s1. The predicted octanol–water partition coefficient (Wildman–Crippen LogP) is 2.56. The molecule has 2 aliphatic rings. The summed E-state index contributed by atoms with van der Waals surface area (Å²) in [5, 5.41) is 3.85. The van der Waals surface area contributed by atoms with Crippen LogP contribution in [0.4, 0.5) is 0 Å². The quantitative estimate of drug-likeness (QED) is 0.797. The van der Waals surface area contributed by atoms with Gasteiger partial charge in [-0.1, -0.05) is 6.42 Å². The Bertz CT molecular complexity index is 561. The maximum absolute atomic E-state index is 12.3. The molecule has 2 fully saturated rings. The molecule has 21 heavy (non-hydrogen) atoms. The first-order valence-electron chi connectivity index (χ1n) is 7.57. The molecule has 0 amide bonds. The normalized spacial score (nSPS) is 23.3. The van der Waals surface area contributed by atoms with Crippen molar-refractivity contribution in [2.75, 3.05) is 12.3 Å². The first kappa shape index (κ1) is 15.8. The Balaban J connectivity index is 1.53. The van der Waals surface area contributed by atoms with Crippen LogP contribution in [0.15, 0.2) is 16.3 Å². The van der Waals surface area contributed by atoms with E-state index >= 15 is 0 Å². The molecule has 0 bridgehead atoms. The zero-order valence-electron chi connectivity index (χ0n) is 12.0. The fourth-order valence-corrected chi connectivity index (χ4v) is 6.15. The van der Waals surface area contributed by atoms with Gasteiger partial charge in [-0.15, -0.1) is 11.3 Å². The van der Waals surface area contributed by atoms with E-state index in [9.17, 15) is 8.42 Å². The van der Waals surface area contributed by atoms with Gasteiger partial charge in [0.25, 0.3) is 0 Å². The van der Waals surface area contributed by atoms with E-state index in [0.29, 0.717) is 22.0 Å². The van der Waals surface area contributed by atoms with Crippen molar-refractivity contribution in [3.05, 3.63) is 17.0 Å². The maximum atomic E-state index is 12.3. The molecule has 2 heterocycles. The van der Waals surface area contributed by atoms with Crippen LogP contribution in [-0.4, -0.2) is 32.0 Å². The minimum Gasteiger partial charge on any atom is -0.309 e. The third-order valence-electron chi connectivity index (χ3n) is 3.82. The average Bonchev–Trinajstić information content (AvgIpc) is 3.20. The van der Waals surface area contributed by atoms with Crippen molar-refractivity contribution in [2.24, 2.45) is 0 Å². The van der Waals surface area contributed by atoms with Gasteiger partial charge in [0, 0.05) is 29.3 Å². The number of thioether (sulfide) groups is 1. The lowest BCUT2D eigenvalue weighted by Gasteiger charge is -2.21. The van der Waals surface area contributed by atoms with Crippen molar-refractivity contribution in [3.63, 3.8) is 0 Å². The molecule has 3 rings (SSSR count). The van der Waals surface area contributed by atoms with E-state index in [1.54, 1.807) is 6.07 Å². The van der Waals surface area contributed by atoms with Crippen LogP contribution in [0.1, 0.15) is 37.0 Å². The molecule has 2 N–H and O–H groups in total. The van der Waals surface area contributed by atoms with E-state index < -0.39 is 10.0 Å². The van der Waals surface area contributed by atoms with Gasteiger partial charge in [0.2, 0.25) is 10.0 Å². The van der Waals surface area contributed by atoms with Gasteiger partial charge in [-0.25, -0.2) is 13.1 Å². The first-order chi connectivity index (χ1) is 10.1. The zero-order valence-corrected chi connectivity index (χ0v) is 14.5. The standard InChI is InChI=1S/C14H22N2O2S3/c17-21(18,16-10-12-3-1-2-8-19-12)14-7-6-13(20-14)9-15-11-4-5-11/h6-7,11-12,15-16H,1-5,8-10H2. The van der Waals surface area contributed by atoms with Crippen LogP contribution in [0.5, 0.6) is 0 Å². The zero-order chi connectivity index (χ0) is 14.7. The van der Waals surface area contributed by atoms with E-state index in [2.05, 4.69) is 10.0 Å². The summed E-state index contributed by atoms with van der Waals surface area (Å²) in [5.74, 6) is 1.16. The number of rotatable bonds is 7. The van der Waals surface area contributed by atoms with Crippen molar-refractivity contribution in [3.8, 4) is 0 Å². The molecule has 1 unspecified atom stereocenters. The van der Waals surface area contributed by atoms with Crippen LogP contribution in [0.2, 0.25) is 0 Å². The summed E-state index contributed by atoms with van der Waals surface area (Å²) in [6.45, 7) is 1.34. The molecular weight excluding hydrogens is 324 g/mol. The van der Waals surface area contributed by atoms with Gasteiger partial charge in [-0.2, -0.15) is 11.8 Å². The molecule has 0 spiro atoms. The lowest BCUT2D eigenvalue weighted by atomic mass is 10.2. The maximum Gasteiger partial charge on any atom is 0.250 e. The van der Waals surface area contributed by atoms with Crippen LogP contribution in [0.3, 0.4) is 0 Å². The molecule has 0 aromatic carbocycles. The summed E-state index contributed by atoms with van der Waals surface area (Å²) in [7, 11) is -3.33. The van der Waals surface area contributed by atoms with Crippen molar-refractivity contribution in [1.82, 2.24) is 10.0 Å². The molecule has 1 atom stereocenters. The van der Waals surface area contributed by atoms with Crippen LogP contribution in [0.25, 0.3) is 0 Å². The monoisotopic (exact) mass is 346 g/mol. The minimum atomic E-state index is -3.33. The Kier molecular flexibility index (Phi) is 5.27. The lowest BCUT2D eigenvalue weighted by molar-refractivity contribution is 0.576. The minimum absolute atomic E-state index is 0.435. The molecule has 4 nitrogen and oxygen atoms in total. The third-order valence-corrected chi connectivity index (χ3v) is 8.22. The average molecular weight is 347 g/mol. The van der Waals surface area contributed by atoms with Gasteiger partial charge >= 0.3 is 0 Å². The van der Waals surface area contributed by atoms with Gasteiger partial charge in [-0.05, 0) is 43.6 Å². The number of hydrogen-bond acceptors (Lipinski definition) is 5.